The Balaban J connectivity index is 1.60. The van der Waals surface area contributed by atoms with E-state index in [4.69, 9.17) is 0 Å². The van der Waals surface area contributed by atoms with Gasteiger partial charge in [0, 0.05) is 6.54 Å². The maximum atomic E-state index is 13.3. The molecular weight excluding hydrogens is 372 g/mol. The first-order valence-corrected chi connectivity index (χ1v) is 11.3. The molecule has 0 aliphatic carbocycles. The average Bonchev–Trinajstić information content (AvgIpc) is 3.23. The van der Waals surface area contributed by atoms with Crippen LogP contribution in [0.5, 0.6) is 0 Å². The molecule has 1 aromatic carbocycles. The van der Waals surface area contributed by atoms with Gasteiger partial charge in [-0.2, -0.15) is 5.43 Å². The van der Waals surface area contributed by atoms with Crippen molar-refractivity contribution in [2.75, 3.05) is 12.3 Å². The molecule has 3 aliphatic heterocycles. The molecule has 4 rings (SSSR count). The zero-order valence-corrected chi connectivity index (χ0v) is 18.0. The molecule has 0 radical (unpaired) electrons. The molecule has 3 atom stereocenters. The number of nitrogens with one attached hydrogen (secondary N) is 1. The standard InChI is InChI=1S/C21H30N4O2S/c1-13(2)7-9-23-19(26)18-17(8-10-28-18)25-20(23)22-24(21(25)27)12-16-11-14(3)5-6-15(16)4/h5-6,11,13,17-18,20,22H,7-10,12H2,1-4H3. The molecule has 3 unspecified atom stereocenters. The lowest BCUT2D eigenvalue weighted by Gasteiger charge is -2.44. The van der Waals surface area contributed by atoms with Crippen molar-refractivity contribution >= 4 is 23.7 Å². The molecule has 0 aromatic heterocycles. The summed E-state index contributed by atoms with van der Waals surface area (Å²) in [5.74, 6) is 1.63. The summed E-state index contributed by atoms with van der Waals surface area (Å²) < 4.78 is 0. The van der Waals surface area contributed by atoms with E-state index in [0.717, 1.165) is 24.2 Å². The number of aryl methyl sites for hydroxylation is 2. The molecular formula is C21H30N4O2S. The third-order valence-electron chi connectivity index (χ3n) is 6.01. The molecule has 1 N–H and O–H groups in total. The molecule has 3 aliphatic rings. The van der Waals surface area contributed by atoms with Gasteiger partial charge >= 0.3 is 6.03 Å². The summed E-state index contributed by atoms with van der Waals surface area (Å²) in [4.78, 5) is 30.3. The Labute approximate surface area is 171 Å². The number of carbonyl (C=O) groups is 2. The van der Waals surface area contributed by atoms with Crippen LogP contribution in [-0.2, 0) is 11.3 Å². The van der Waals surface area contributed by atoms with Crippen molar-refractivity contribution in [1.29, 1.82) is 0 Å². The molecule has 152 valence electrons. The van der Waals surface area contributed by atoms with Crippen LogP contribution in [0.25, 0.3) is 0 Å². The summed E-state index contributed by atoms with van der Waals surface area (Å²) >= 11 is 1.70. The van der Waals surface area contributed by atoms with Crippen LogP contribution in [0.3, 0.4) is 0 Å². The number of hydrazine groups is 1. The molecule has 3 amide bonds. The second-order valence-corrected chi connectivity index (χ2v) is 9.82. The van der Waals surface area contributed by atoms with Gasteiger partial charge in [-0.05, 0) is 49.5 Å². The fraction of sp³-hybridized carbons (Fsp3) is 0.619. The fourth-order valence-electron chi connectivity index (χ4n) is 4.31. The van der Waals surface area contributed by atoms with Crippen LogP contribution in [0.4, 0.5) is 4.79 Å². The predicted octanol–water partition coefficient (Wildman–Crippen LogP) is 3.09. The highest BCUT2D eigenvalue weighted by atomic mass is 32.2. The van der Waals surface area contributed by atoms with Crippen molar-refractivity contribution in [3.05, 3.63) is 34.9 Å². The minimum atomic E-state index is -0.358. The number of benzene rings is 1. The topological polar surface area (TPSA) is 55.9 Å². The van der Waals surface area contributed by atoms with E-state index in [2.05, 4.69) is 51.3 Å². The molecule has 3 heterocycles. The van der Waals surface area contributed by atoms with Crippen LogP contribution in [0.1, 0.15) is 43.4 Å². The first-order valence-electron chi connectivity index (χ1n) is 10.2. The lowest BCUT2D eigenvalue weighted by atomic mass is 10.0. The van der Waals surface area contributed by atoms with E-state index in [0.29, 0.717) is 19.0 Å². The summed E-state index contributed by atoms with van der Waals surface area (Å²) in [5, 5.41) is 1.59. The van der Waals surface area contributed by atoms with Crippen LogP contribution >= 0.6 is 11.8 Å². The number of thioether (sulfide) groups is 1. The zero-order valence-electron chi connectivity index (χ0n) is 17.1. The Kier molecular flexibility index (Phi) is 5.31. The highest BCUT2D eigenvalue weighted by Gasteiger charge is 2.55. The van der Waals surface area contributed by atoms with E-state index in [-0.39, 0.29) is 29.5 Å². The van der Waals surface area contributed by atoms with Gasteiger partial charge in [0.05, 0.1) is 12.6 Å². The number of nitrogens with zero attached hydrogens (tertiary/aromatic N) is 3. The van der Waals surface area contributed by atoms with Crippen molar-refractivity contribution in [3.8, 4) is 0 Å². The number of hydrogen-bond donors (Lipinski definition) is 1. The van der Waals surface area contributed by atoms with Gasteiger partial charge in [0.15, 0.2) is 6.29 Å². The Morgan fingerprint density at radius 1 is 1.25 bits per heavy atom. The van der Waals surface area contributed by atoms with Crippen LogP contribution < -0.4 is 5.43 Å². The number of fused-ring (bicyclic) bond motifs is 3. The summed E-state index contributed by atoms with van der Waals surface area (Å²) in [5.41, 5.74) is 6.86. The maximum absolute atomic E-state index is 13.3. The molecule has 0 spiro atoms. The third kappa shape index (κ3) is 3.39. The Morgan fingerprint density at radius 3 is 2.79 bits per heavy atom. The third-order valence-corrected chi connectivity index (χ3v) is 7.35. The molecule has 6 nitrogen and oxygen atoms in total. The molecule has 3 saturated heterocycles. The second-order valence-electron chi connectivity index (χ2n) is 8.57. The van der Waals surface area contributed by atoms with E-state index in [9.17, 15) is 9.59 Å². The van der Waals surface area contributed by atoms with E-state index >= 15 is 0 Å². The monoisotopic (exact) mass is 402 g/mol. The van der Waals surface area contributed by atoms with Gasteiger partial charge in [-0.15, -0.1) is 11.8 Å². The van der Waals surface area contributed by atoms with Gasteiger partial charge in [0.1, 0.15) is 5.25 Å². The summed E-state index contributed by atoms with van der Waals surface area (Å²) in [6.07, 6.45) is 1.47. The number of carbonyl (C=O) groups excluding carboxylic acids is 2. The first kappa shape index (κ1) is 19.6. The van der Waals surface area contributed by atoms with Crippen LogP contribution in [0.2, 0.25) is 0 Å². The smallest absolute Gasteiger partial charge is 0.307 e. The van der Waals surface area contributed by atoms with Crippen molar-refractivity contribution in [3.63, 3.8) is 0 Å². The zero-order chi connectivity index (χ0) is 20.0. The van der Waals surface area contributed by atoms with Crippen molar-refractivity contribution in [2.45, 2.75) is 64.7 Å². The second kappa shape index (κ2) is 7.59. The lowest BCUT2D eigenvalue weighted by molar-refractivity contribution is -0.144. The van der Waals surface area contributed by atoms with Gasteiger partial charge in [0.25, 0.3) is 0 Å². The minimum absolute atomic E-state index is 0.00130. The number of rotatable bonds is 5. The van der Waals surface area contributed by atoms with Gasteiger partial charge in [-0.25, -0.2) is 4.79 Å². The summed E-state index contributed by atoms with van der Waals surface area (Å²) in [6.45, 7) is 9.66. The van der Waals surface area contributed by atoms with Crippen LogP contribution in [0.15, 0.2) is 18.2 Å². The number of amides is 3. The van der Waals surface area contributed by atoms with Crippen LogP contribution in [0, 0.1) is 19.8 Å². The maximum Gasteiger partial charge on any atom is 0.337 e. The number of urea groups is 1. The largest absolute Gasteiger partial charge is 0.337 e. The van der Waals surface area contributed by atoms with E-state index in [1.165, 1.54) is 11.1 Å². The Morgan fingerprint density at radius 2 is 2.04 bits per heavy atom. The van der Waals surface area contributed by atoms with Crippen molar-refractivity contribution < 1.29 is 9.59 Å². The summed E-state index contributed by atoms with van der Waals surface area (Å²) in [7, 11) is 0. The SMILES string of the molecule is Cc1ccc(C)c(CN2NC3N(CCC(C)C)C(=O)C4SCCC4N3C2=O)c1. The quantitative estimate of drug-likeness (QED) is 0.822. The molecule has 0 saturated carbocycles. The average molecular weight is 403 g/mol. The minimum Gasteiger partial charge on any atom is -0.307 e. The van der Waals surface area contributed by atoms with E-state index in [1.807, 2.05) is 9.80 Å². The number of hydrogen-bond acceptors (Lipinski definition) is 4. The highest BCUT2D eigenvalue weighted by Crippen LogP contribution is 2.39. The summed E-state index contributed by atoms with van der Waals surface area (Å²) in [6, 6.07) is 6.32. The van der Waals surface area contributed by atoms with Gasteiger partial charge < -0.3 is 4.90 Å². The van der Waals surface area contributed by atoms with Crippen LogP contribution in [-0.4, -0.2) is 56.6 Å². The predicted molar refractivity (Wildman–Crippen MR) is 111 cm³/mol. The lowest BCUT2D eigenvalue weighted by Crippen LogP contribution is -2.66. The molecule has 7 heteroatoms. The molecule has 28 heavy (non-hydrogen) atoms. The van der Waals surface area contributed by atoms with E-state index in [1.54, 1.807) is 16.8 Å². The fourth-order valence-corrected chi connectivity index (χ4v) is 5.71. The Bertz CT molecular complexity index is 784. The van der Waals surface area contributed by atoms with Gasteiger partial charge in [-0.1, -0.05) is 37.6 Å². The van der Waals surface area contributed by atoms with E-state index < -0.39 is 0 Å². The normalized spacial score (nSPS) is 27.0. The van der Waals surface area contributed by atoms with Crippen molar-refractivity contribution in [1.82, 2.24) is 20.2 Å². The molecule has 0 bridgehead atoms. The first-order chi connectivity index (χ1) is 13.4. The van der Waals surface area contributed by atoms with Gasteiger partial charge in [0.2, 0.25) is 5.91 Å². The van der Waals surface area contributed by atoms with Gasteiger partial charge in [-0.3, -0.25) is 14.7 Å². The molecule has 1 aromatic rings. The van der Waals surface area contributed by atoms with Crippen molar-refractivity contribution in [2.24, 2.45) is 5.92 Å². The highest BCUT2D eigenvalue weighted by molar-refractivity contribution is 8.00. The Hall–Kier alpha value is -1.73. The molecule has 3 fully saturated rings.